The molecule has 0 atom stereocenters. The van der Waals surface area contributed by atoms with Crippen LogP contribution in [0.2, 0.25) is 5.02 Å². The zero-order valence-electron chi connectivity index (χ0n) is 14.4. The average Bonchev–Trinajstić information content (AvgIpc) is 2.59. The predicted molar refractivity (Wildman–Crippen MR) is 102 cm³/mol. The fourth-order valence-electron chi connectivity index (χ4n) is 2.55. The minimum absolute atomic E-state index is 0.0701. The molecule has 2 N–H and O–H groups in total. The highest BCUT2D eigenvalue weighted by atomic mass is 35.5. The van der Waals surface area contributed by atoms with Gasteiger partial charge in [-0.25, -0.2) is 16.8 Å². The lowest BCUT2D eigenvalue weighted by Crippen LogP contribution is -2.22. The van der Waals surface area contributed by atoms with Gasteiger partial charge < -0.3 is 14.8 Å². The highest BCUT2D eigenvalue weighted by Gasteiger charge is 2.28. The summed E-state index contributed by atoms with van der Waals surface area (Å²) in [5.74, 6) is 0.462. The second-order valence-electron chi connectivity index (χ2n) is 5.80. The second kappa shape index (κ2) is 7.10. The van der Waals surface area contributed by atoms with Crippen molar-refractivity contribution in [2.45, 2.75) is 9.79 Å². The first kappa shape index (κ1) is 19.6. The van der Waals surface area contributed by atoms with Gasteiger partial charge in [-0.2, -0.15) is 0 Å². The molecule has 11 heteroatoms. The van der Waals surface area contributed by atoms with Crippen molar-refractivity contribution in [2.75, 3.05) is 36.6 Å². The Morgan fingerprint density at radius 3 is 2.56 bits per heavy atom. The molecule has 8 nitrogen and oxygen atoms in total. The van der Waals surface area contributed by atoms with Gasteiger partial charge in [-0.1, -0.05) is 11.6 Å². The third kappa shape index (κ3) is 4.07. The molecule has 0 unspecified atom stereocenters. The third-order valence-corrected chi connectivity index (χ3v) is 6.59. The Labute approximate surface area is 162 Å². The second-order valence-corrected chi connectivity index (χ2v) is 9.87. The van der Waals surface area contributed by atoms with E-state index in [1.54, 1.807) is 0 Å². The predicted octanol–water partition coefficient (Wildman–Crippen LogP) is 2.36. The summed E-state index contributed by atoms with van der Waals surface area (Å²) in [6.45, 7) is 0.684. The number of methoxy groups -OCH3 is 1. The first-order valence-corrected chi connectivity index (χ1v) is 11.5. The topological polar surface area (TPSA) is 111 Å². The number of hydrogen-bond donors (Lipinski definition) is 2. The molecule has 27 heavy (non-hydrogen) atoms. The first-order valence-electron chi connectivity index (χ1n) is 7.73. The lowest BCUT2D eigenvalue weighted by molar-refractivity contribution is 0.314. The van der Waals surface area contributed by atoms with E-state index in [1.165, 1.54) is 31.4 Å². The molecule has 0 aliphatic carbocycles. The molecule has 0 aromatic heterocycles. The van der Waals surface area contributed by atoms with E-state index >= 15 is 0 Å². The number of ether oxygens (including phenoxy) is 2. The average molecular weight is 433 g/mol. The van der Waals surface area contributed by atoms with Gasteiger partial charge in [0.15, 0.2) is 15.6 Å². The fourth-order valence-corrected chi connectivity index (χ4v) is 4.79. The van der Waals surface area contributed by atoms with E-state index in [-0.39, 0.29) is 32.9 Å². The molecular formula is C16H17ClN2O6S2. The van der Waals surface area contributed by atoms with Gasteiger partial charge in [0.2, 0.25) is 0 Å². The van der Waals surface area contributed by atoms with Gasteiger partial charge in [0.1, 0.15) is 17.3 Å². The largest absolute Gasteiger partial charge is 0.495 e. The van der Waals surface area contributed by atoms with Crippen LogP contribution in [0.1, 0.15) is 0 Å². The third-order valence-electron chi connectivity index (χ3n) is 3.81. The molecule has 1 aliphatic rings. The number of anilines is 2. The van der Waals surface area contributed by atoms with Crippen LogP contribution in [0.25, 0.3) is 0 Å². The van der Waals surface area contributed by atoms with Crippen LogP contribution in [0.3, 0.4) is 0 Å². The Balaban J connectivity index is 2.09. The van der Waals surface area contributed by atoms with E-state index in [4.69, 9.17) is 21.1 Å². The highest BCUT2D eigenvalue weighted by molar-refractivity contribution is 7.93. The van der Waals surface area contributed by atoms with E-state index in [9.17, 15) is 16.8 Å². The van der Waals surface area contributed by atoms with Crippen LogP contribution >= 0.6 is 11.6 Å². The summed E-state index contributed by atoms with van der Waals surface area (Å²) in [6, 6.07) is 6.82. The minimum Gasteiger partial charge on any atom is -0.495 e. The van der Waals surface area contributed by atoms with Crippen LogP contribution in [0.5, 0.6) is 11.5 Å². The summed E-state index contributed by atoms with van der Waals surface area (Å²) in [4.78, 5) is -0.410. The van der Waals surface area contributed by atoms with Crippen molar-refractivity contribution < 1.29 is 26.3 Å². The summed E-state index contributed by atoms with van der Waals surface area (Å²) >= 11 is 6.03. The van der Waals surface area contributed by atoms with E-state index in [0.29, 0.717) is 18.0 Å². The molecule has 0 fully saturated rings. The van der Waals surface area contributed by atoms with Gasteiger partial charge in [0.25, 0.3) is 10.0 Å². The maximum Gasteiger partial charge on any atom is 0.265 e. The van der Waals surface area contributed by atoms with Gasteiger partial charge in [-0.3, -0.25) is 4.72 Å². The molecule has 0 radical (unpaired) electrons. The van der Waals surface area contributed by atoms with Crippen molar-refractivity contribution in [3.8, 4) is 11.5 Å². The van der Waals surface area contributed by atoms with Crippen molar-refractivity contribution in [3.63, 3.8) is 0 Å². The Bertz CT molecular complexity index is 1100. The van der Waals surface area contributed by atoms with E-state index in [1.807, 2.05) is 0 Å². The smallest absolute Gasteiger partial charge is 0.265 e. The number of hydrogen-bond acceptors (Lipinski definition) is 7. The van der Waals surface area contributed by atoms with Gasteiger partial charge in [0.05, 0.1) is 28.4 Å². The van der Waals surface area contributed by atoms with Crippen molar-refractivity contribution >= 4 is 42.8 Å². The Morgan fingerprint density at radius 1 is 1.19 bits per heavy atom. The number of fused-ring (bicyclic) bond motifs is 1. The number of sulfone groups is 1. The summed E-state index contributed by atoms with van der Waals surface area (Å²) in [6.07, 6.45) is 1.01. The Hall–Kier alpha value is -2.17. The maximum absolute atomic E-state index is 12.9. The summed E-state index contributed by atoms with van der Waals surface area (Å²) < 4.78 is 62.7. The van der Waals surface area contributed by atoms with Crippen LogP contribution in [0.4, 0.5) is 11.4 Å². The lowest BCUT2D eigenvalue weighted by Gasteiger charge is -2.23. The van der Waals surface area contributed by atoms with Crippen LogP contribution in [-0.2, 0) is 19.9 Å². The molecule has 0 spiro atoms. The molecule has 1 aliphatic heterocycles. The maximum atomic E-state index is 12.9. The number of halogens is 1. The quantitative estimate of drug-likeness (QED) is 0.745. The van der Waals surface area contributed by atoms with E-state index in [0.717, 1.165) is 12.3 Å². The SMILES string of the molecule is COc1ccc(NS(=O)(=O)c2cc(S(C)(=O)=O)cc3c2OCCN3)cc1Cl. The molecule has 2 aromatic carbocycles. The van der Waals surface area contributed by atoms with Gasteiger partial charge in [-0.15, -0.1) is 0 Å². The number of rotatable bonds is 5. The van der Waals surface area contributed by atoms with Gasteiger partial charge in [-0.05, 0) is 30.3 Å². The summed E-state index contributed by atoms with van der Waals surface area (Å²) in [5.41, 5.74) is 0.500. The highest BCUT2D eigenvalue weighted by Crippen LogP contribution is 2.38. The van der Waals surface area contributed by atoms with E-state index in [2.05, 4.69) is 10.0 Å². The molecule has 1 heterocycles. The zero-order chi connectivity index (χ0) is 19.8. The fraction of sp³-hybridized carbons (Fsp3) is 0.250. The van der Waals surface area contributed by atoms with E-state index < -0.39 is 19.9 Å². The molecule has 0 bridgehead atoms. The molecule has 146 valence electrons. The molecule has 0 amide bonds. The Kier molecular flexibility index (Phi) is 5.15. The monoisotopic (exact) mass is 432 g/mol. The molecular weight excluding hydrogens is 416 g/mol. The van der Waals surface area contributed by atoms with Crippen LogP contribution in [0.15, 0.2) is 40.1 Å². The first-order chi connectivity index (χ1) is 12.6. The molecule has 3 rings (SSSR count). The molecule has 0 saturated heterocycles. The Morgan fingerprint density at radius 2 is 1.93 bits per heavy atom. The number of nitrogens with one attached hydrogen (secondary N) is 2. The normalized spacial score (nSPS) is 13.9. The minimum atomic E-state index is -4.15. The lowest BCUT2D eigenvalue weighted by atomic mass is 10.2. The molecule has 2 aromatic rings. The van der Waals surface area contributed by atoms with Crippen molar-refractivity contribution in [3.05, 3.63) is 35.4 Å². The molecule has 0 saturated carbocycles. The number of benzene rings is 2. The van der Waals surface area contributed by atoms with Crippen molar-refractivity contribution in [1.29, 1.82) is 0 Å². The summed E-state index contributed by atoms with van der Waals surface area (Å²) in [7, 11) is -6.34. The van der Waals surface area contributed by atoms with Crippen LogP contribution < -0.4 is 19.5 Å². The summed E-state index contributed by atoms with van der Waals surface area (Å²) in [5, 5.41) is 3.18. The van der Waals surface area contributed by atoms with Gasteiger partial charge >= 0.3 is 0 Å². The van der Waals surface area contributed by atoms with Gasteiger partial charge in [0, 0.05) is 12.8 Å². The van der Waals surface area contributed by atoms with Crippen molar-refractivity contribution in [1.82, 2.24) is 0 Å². The standard InChI is InChI=1S/C16H17ClN2O6S2/c1-24-14-4-3-10(7-12(14)17)19-27(22,23)15-9-11(26(2,20)21)8-13-16(15)25-6-5-18-13/h3-4,7-9,18-19H,5-6H2,1-2H3. The van der Waals surface area contributed by atoms with Crippen molar-refractivity contribution in [2.24, 2.45) is 0 Å². The van der Waals surface area contributed by atoms with Crippen LogP contribution in [-0.4, -0.2) is 43.4 Å². The van der Waals surface area contributed by atoms with Crippen LogP contribution in [0, 0.1) is 0 Å². The zero-order valence-corrected chi connectivity index (χ0v) is 16.8. The number of sulfonamides is 1.